The average molecular weight is 407 g/mol. The molecule has 1 atom stereocenters. The molecule has 11 heteroatoms. The Hall–Kier alpha value is -2.79. The summed E-state index contributed by atoms with van der Waals surface area (Å²) in [6, 6.07) is 5.64. The topological polar surface area (TPSA) is 127 Å². The van der Waals surface area contributed by atoms with E-state index in [1.54, 1.807) is 23.2 Å². The van der Waals surface area contributed by atoms with Crippen LogP contribution in [0.4, 0.5) is 5.69 Å². The van der Waals surface area contributed by atoms with Crippen LogP contribution in [0.2, 0.25) is 0 Å². The average Bonchev–Trinajstić information content (AvgIpc) is 3.16. The highest BCUT2D eigenvalue weighted by Gasteiger charge is 2.28. The van der Waals surface area contributed by atoms with Crippen LogP contribution in [0.5, 0.6) is 0 Å². The molecule has 2 heterocycles. The van der Waals surface area contributed by atoms with Gasteiger partial charge in [0.25, 0.3) is 11.6 Å². The minimum absolute atomic E-state index is 0.0262. The monoisotopic (exact) mass is 407 g/mol. The lowest BCUT2D eigenvalue weighted by molar-refractivity contribution is -0.384. The summed E-state index contributed by atoms with van der Waals surface area (Å²) in [6.07, 6.45) is 6.62. The Bertz CT molecular complexity index is 970. The van der Waals surface area contributed by atoms with Gasteiger partial charge >= 0.3 is 0 Å². The molecule has 1 fully saturated rings. The number of benzene rings is 1. The first-order chi connectivity index (χ1) is 13.2. The van der Waals surface area contributed by atoms with Crippen molar-refractivity contribution in [3.63, 3.8) is 0 Å². The molecule has 1 aliphatic heterocycles. The molecule has 1 N–H and O–H groups in total. The molecular formula is C17H21N5O5S. The van der Waals surface area contributed by atoms with Crippen LogP contribution in [-0.4, -0.2) is 59.3 Å². The lowest BCUT2D eigenvalue weighted by Crippen LogP contribution is -2.49. The SMILES string of the molecule is CS(=O)(=O)NCC1CCCCN1C(=O)c1cnn(-c2ccc([N+](=O)[O-])cc2)c1. The molecule has 0 radical (unpaired) electrons. The number of nitro groups is 1. The number of hydrogen-bond donors (Lipinski definition) is 1. The number of nitro benzene ring substituents is 1. The zero-order valence-electron chi connectivity index (χ0n) is 15.3. The van der Waals surface area contributed by atoms with Crippen molar-refractivity contribution in [1.29, 1.82) is 0 Å². The number of nitrogens with one attached hydrogen (secondary N) is 1. The fourth-order valence-corrected chi connectivity index (χ4v) is 3.69. The fraction of sp³-hybridized carbons (Fsp3) is 0.412. The minimum Gasteiger partial charge on any atom is -0.334 e. The maximum atomic E-state index is 12.9. The Morgan fingerprint density at radius 1 is 1.32 bits per heavy atom. The van der Waals surface area contributed by atoms with E-state index in [9.17, 15) is 23.3 Å². The quantitative estimate of drug-likeness (QED) is 0.568. The number of rotatable bonds is 6. The Morgan fingerprint density at radius 2 is 2.04 bits per heavy atom. The highest BCUT2D eigenvalue weighted by molar-refractivity contribution is 7.88. The molecule has 0 aliphatic carbocycles. The van der Waals surface area contributed by atoms with Crippen LogP contribution in [0.25, 0.3) is 5.69 Å². The smallest absolute Gasteiger partial charge is 0.269 e. The predicted molar refractivity (Wildman–Crippen MR) is 102 cm³/mol. The van der Waals surface area contributed by atoms with Crippen molar-refractivity contribution in [2.24, 2.45) is 0 Å². The lowest BCUT2D eigenvalue weighted by Gasteiger charge is -2.35. The number of aromatic nitrogens is 2. The molecule has 1 amide bonds. The second-order valence-corrected chi connectivity index (χ2v) is 8.55. The van der Waals surface area contributed by atoms with Crippen molar-refractivity contribution >= 4 is 21.6 Å². The zero-order valence-corrected chi connectivity index (χ0v) is 16.1. The van der Waals surface area contributed by atoms with Crippen LogP contribution in [0.1, 0.15) is 29.6 Å². The van der Waals surface area contributed by atoms with E-state index in [-0.39, 0.29) is 24.2 Å². The van der Waals surface area contributed by atoms with Crippen molar-refractivity contribution in [3.8, 4) is 5.69 Å². The number of sulfonamides is 1. The Labute approximate surface area is 162 Å². The molecule has 1 aromatic heterocycles. The lowest BCUT2D eigenvalue weighted by atomic mass is 10.0. The van der Waals surface area contributed by atoms with Gasteiger partial charge in [0.2, 0.25) is 10.0 Å². The Balaban J connectivity index is 1.75. The van der Waals surface area contributed by atoms with Gasteiger partial charge in [-0.3, -0.25) is 14.9 Å². The second kappa shape index (κ2) is 8.07. The van der Waals surface area contributed by atoms with Gasteiger partial charge in [0.15, 0.2) is 0 Å². The number of non-ortho nitro benzene ring substituents is 1. The van der Waals surface area contributed by atoms with E-state index in [2.05, 4.69) is 9.82 Å². The summed E-state index contributed by atoms with van der Waals surface area (Å²) in [4.78, 5) is 24.9. The van der Waals surface area contributed by atoms with E-state index in [0.717, 1.165) is 25.5 Å². The van der Waals surface area contributed by atoms with Crippen molar-refractivity contribution in [3.05, 3.63) is 52.3 Å². The molecule has 3 rings (SSSR count). The Kier molecular flexibility index (Phi) is 5.75. The van der Waals surface area contributed by atoms with Crippen LogP contribution in [0, 0.1) is 10.1 Å². The predicted octanol–water partition coefficient (Wildman–Crippen LogP) is 1.32. The molecule has 1 saturated heterocycles. The highest BCUT2D eigenvalue weighted by Crippen LogP contribution is 2.20. The standard InChI is InChI=1S/C17H21N5O5S/c1-28(26,27)19-11-16-4-2-3-9-20(16)17(23)13-10-18-21(12-13)14-5-7-15(8-6-14)22(24)25/h5-8,10,12,16,19H,2-4,9,11H2,1H3. The number of nitrogens with zero attached hydrogens (tertiary/aromatic N) is 4. The van der Waals surface area contributed by atoms with Crippen molar-refractivity contribution in [2.75, 3.05) is 19.3 Å². The van der Waals surface area contributed by atoms with Crippen LogP contribution >= 0.6 is 0 Å². The summed E-state index contributed by atoms with van der Waals surface area (Å²) in [6.45, 7) is 0.735. The molecule has 1 aliphatic rings. The van der Waals surface area contributed by atoms with Crippen LogP contribution in [0.15, 0.2) is 36.7 Å². The molecule has 1 aromatic carbocycles. The van der Waals surface area contributed by atoms with E-state index in [1.165, 1.54) is 23.0 Å². The third kappa shape index (κ3) is 4.73. The molecular weight excluding hydrogens is 386 g/mol. The molecule has 28 heavy (non-hydrogen) atoms. The van der Waals surface area contributed by atoms with Gasteiger partial charge in [0, 0.05) is 37.5 Å². The highest BCUT2D eigenvalue weighted by atomic mass is 32.2. The van der Waals surface area contributed by atoms with Crippen LogP contribution in [-0.2, 0) is 10.0 Å². The van der Waals surface area contributed by atoms with Gasteiger partial charge in [-0.15, -0.1) is 0 Å². The summed E-state index contributed by atoms with van der Waals surface area (Å²) in [5.74, 6) is -0.215. The zero-order chi connectivity index (χ0) is 20.3. The van der Waals surface area contributed by atoms with E-state index in [0.29, 0.717) is 17.8 Å². The van der Waals surface area contributed by atoms with Gasteiger partial charge in [0.05, 0.1) is 28.6 Å². The van der Waals surface area contributed by atoms with Crippen molar-refractivity contribution < 1.29 is 18.1 Å². The first-order valence-electron chi connectivity index (χ1n) is 8.80. The first-order valence-corrected chi connectivity index (χ1v) is 10.7. The fourth-order valence-electron chi connectivity index (χ4n) is 3.20. The minimum atomic E-state index is -3.33. The Morgan fingerprint density at radius 3 is 2.68 bits per heavy atom. The summed E-state index contributed by atoms with van der Waals surface area (Å²) < 4.78 is 26.7. The van der Waals surface area contributed by atoms with E-state index >= 15 is 0 Å². The van der Waals surface area contributed by atoms with E-state index < -0.39 is 14.9 Å². The molecule has 2 aromatic rings. The summed E-state index contributed by atoms with van der Waals surface area (Å²) >= 11 is 0. The van der Waals surface area contributed by atoms with Gasteiger partial charge in [-0.05, 0) is 31.4 Å². The van der Waals surface area contributed by atoms with E-state index in [4.69, 9.17) is 0 Å². The third-order valence-electron chi connectivity index (χ3n) is 4.62. The summed E-state index contributed by atoms with van der Waals surface area (Å²) in [7, 11) is -3.33. The van der Waals surface area contributed by atoms with Gasteiger partial charge in [-0.25, -0.2) is 17.8 Å². The number of amides is 1. The largest absolute Gasteiger partial charge is 0.334 e. The van der Waals surface area contributed by atoms with Gasteiger partial charge in [0.1, 0.15) is 0 Å². The molecule has 0 spiro atoms. The molecule has 1 unspecified atom stereocenters. The number of carbonyl (C=O) groups excluding carboxylic acids is 1. The second-order valence-electron chi connectivity index (χ2n) is 6.72. The molecule has 0 bridgehead atoms. The van der Waals surface area contributed by atoms with Crippen molar-refractivity contribution in [1.82, 2.24) is 19.4 Å². The number of piperidine rings is 1. The summed E-state index contributed by atoms with van der Waals surface area (Å²) in [5.41, 5.74) is 0.949. The van der Waals surface area contributed by atoms with Crippen LogP contribution in [0.3, 0.4) is 0 Å². The number of likely N-dealkylation sites (tertiary alicyclic amines) is 1. The van der Waals surface area contributed by atoms with Crippen molar-refractivity contribution in [2.45, 2.75) is 25.3 Å². The summed E-state index contributed by atoms with van der Waals surface area (Å²) in [5, 5.41) is 14.9. The van der Waals surface area contributed by atoms with Gasteiger partial charge in [-0.2, -0.15) is 5.10 Å². The first kappa shape index (κ1) is 20.0. The van der Waals surface area contributed by atoms with Gasteiger partial charge in [-0.1, -0.05) is 0 Å². The maximum Gasteiger partial charge on any atom is 0.269 e. The molecule has 10 nitrogen and oxygen atoms in total. The van der Waals surface area contributed by atoms with Crippen LogP contribution < -0.4 is 4.72 Å². The maximum absolute atomic E-state index is 12.9. The number of hydrogen-bond acceptors (Lipinski definition) is 6. The molecule has 0 saturated carbocycles. The third-order valence-corrected chi connectivity index (χ3v) is 5.31. The number of carbonyl (C=O) groups is 1. The van der Waals surface area contributed by atoms with Gasteiger partial charge < -0.3 is 4.90 Å². The normalized spacial score (nSPS) is 17.5. The molecule has 150 valence electrons. The van der Waals surface area contributed by atoms with E-state index in [1.807, 2.05) is 0 Å².